The van der Waals surface area contributed by atoms with Gasteiger partial charge in [-0.3, -0.25) is 19.9 Å². The highest BCUT2D eigenvalue weighted by atomic mass is 16.6. The fourth-order valence-corrected chi connectivity index (χ4v) is 2.93. The van der Waals surface area contributed by atoms with Gasteiger partial charge < -0.3 is 20.1 Å². The van der Waals surface area contributed by atoms with Crippen molar-refractivity contribution in [2.24, 2.45) is 0 Å². The minimum Gasteiger partial charge on any atom is -0.490 e. The molecule has 0 fully saturated rings. The van der Waals surface area contributed by atoms with Crippen molar-refractivity contribution in [1.82, 2.24) is 10.3 Å². The number of carbonyl (C=O) groups is 1. The number of para-hydroxylation sites is 2. The van der Waals surface area contributed by atoms with Crippen molar-refractivity contribution >= 4 is 17.3 Å². The molecule has 3 aromatic rings. The van der Waals surface area contributed by atoms with Gasteiger partial charge in [-0.1, -0.05) is 12.1 Å². The molecular weight excluding hydrogens is 412 g/mol. The summed E-state index contributed by atoms with van der Waals surface area (Å²) in [7, 11) is 0. The van der Waals surface area contributed by atoms with Gasteiger partial charge in [0.2, 0.25) is 0 Å². The third-order valence-electron chi connectivity index (χ3n) is 4.48. The summed E-state index contributed by atoms with van der Waals surface area (Å²) in [6.45, 7) is 3.26. The number of pyridine rings is 1. The van der Waals surface area contributed by atoms with Gasteiger partial charge in [0.1, 0.15) is 12.3 Å². The number of ether oxygens (including phenoxy) is 2. The van der Waals surface area contributed by atoms with Crippen molar-refractivity contribution in [3.05, 3.63) is 88.2 Å². The molecule has 3 rings (SSSR count). The summed E-state index contributed by atoms with van der Waals surface area (Å²) in [5.41, 5.74) is 1.79. The van der Waals surface area contributed by atoms with Gasteiger partial charge in [-0.2, -0.15) is 0 Å². The molecular formula is C23H24N4O5. The van der Waals surface area contributed by atoms with Crippen molar-refractivity contribution in [3.63, 3.8) is 0 Å². The molecule has 0 radical (unpaired) electrons. The number of hydrogen-bond acceptors (Lipinski definition) is 7. The Morgan fingerprint density at radius 3 is 2.56 bits per heavy atom. The van der Waals surface area contributed by atoms with Crippen LogP contribution in [0.2, 0.25) is 0 Å². The maximum absolute atomic E-state index is 12.5. The highest BCUT2D eigenvalue weighted by Gasteiger charge is 2.13. The summed E-state index contributed by atoms with van der Waals surface area (Å²) in [4.78, 5) is 27.1. The summed E-state index contributed by atoms with van der Waals surface area (Å²) in [6, 6.07) is 15.1. The molecule has 0 atom stereocenters. The van der Waals surface area contributed by atoms with Crippen LogP contribution in [0.3, 0.4) is 0 Å². The predicted molar refractivity (Wildman–Crippen MR) is 120 cm³/mol. The molecule has 1 amide bonds. The van der Waals surface area contributed by atoms with Crippen LogP contribution in [-0.2, 0) is 6.61 Å². The number of carbonyl (C=O) groups excluding carboxylic acids is 1. The van der Waals surface area contributed by atoms with Crippen molar-refractivity contribution in [2.75, 3.05) is 25.0 Å². The minimum absolute atomic E-state index is 0.0115. The third kappa shape index (κ3) is 6.18. The van der Waals surface area contributed by atoms with E-state index in [1.807, 2.05) is 19.1 Å². The zero-order chi connectivity index (χ0) is 22.8. The molecule has 0 unspecified atom stereocenters. The fourth-order valence-electron chi connectivity index (χ4n) is 2.93. The number of nitrogens with zero attached hydrogens (tertiary/aromatic N) is 2. The van der Waals surface area contributed by atoms with E-state index >= 15 is 0 Å². The van der Waals surface area contributed by atoms with Gasteiger partial charge in [0.25, 0.3) is 11.6 Å². The van der Waals surface area contributed by atoms with Crippen LogP contribution in [0, 0.1) is 10.1 Å². The average Bonchev–Trinajstić information content (AvgIpc) is 2.82. The number of nitro groups is 1. The van der Waals surface area contributed by atoms with E-state index in [9.17, 15) is 14.9 Å². The number of nitro benzene ring substituents is 1. The van der Waals surface area contributed by atoms with Crippen molar-refractivity contribution in [2.45, 2.75) is 13.5 Å². The van der Waals surface area contributed by atoms with Crippen molar-refractivity contribution < 1.29 is 19.2 Å². The Morgan fingerprint density at radius 2 is 1.81 bits per heavy atom. The van der Waals surface area contributed by atoms with Crippen LogP contribution in [0.15, 0.2) is 67.0 Å². The van der Waals surface area contributed by atoms with E-state index in [1.54, 1.807) is 48.8 Å². The van der Waals surface area contributed by atoms with Crippen LogP contribution in [0.1, 0.15) is 22.8 Å². The Balaban J connectivity index is 1.56. The van der Waals surface area contributed by atoms with Gasteiger partial charge in [-0.25, -0.2) is 0 Å². The molecule has 0 aliphatic carbocycles. The third-order valence-corrected chi connectivity index (χ3v) is 4.48. The molecule has 0 saturated carbocycles. The molecule has 1 aromatic heterocycles. The van der Waals surface area contributed by atoms with E-state index in [4.69, 9.17) is 9.47 Å². The number of rotatable bonds is 11. The van der Waals surface area contributed by atoms with Gasteiger partial charge in [0.05, 0.1) is 11.5 Å². The largest absolute Gasteiger partial charge is 0.490 e. The summed E-state index contributed by atoms with van der Waals surface area (Å²) >= 11 is 0. The summed E-state index contributed by atoms with van der Waals surface area (Å²) in [5.74, 6) is 0.738. The average molecular weight is 436 g/mol. The van der Waals surface area contributed by atoms with E-state index < -0.39 is 4.92 Å². The Labute approximate surface area is 185 Å². The molecule has 0 aliphatic rings. The molecule has 0 aliphatic heterocycles. The maximum Gasteiger partial charge on any atom is 0.292 e. The standard InChI is InChI=1S/C23H24N4O5/c1-2-31-22-15-18(7-8-21(22)32-16-17-9-11-24-12-10-17)23(28)26-14-13-25-19-5-3-4-6-20(19)27(29)30/h3-12,15,25H,2,13-14,16H2,1H3,(H,26,28). The van der Waals surface area contributed by atoms with Gasteiger partial charge in [-0.15, -0.1) is 0 Å². The zero-order valence-electron chi connectivity index (χ0n) is 17.6. The Morgan fingerprint density at radius 1 is 1.03 bits per heavy atom. The number of anilines is 1. The lowest BCUT2D eigenvalue weighted by Gasteiger charge is -2.14. The van der Waals surface area contributed by atoms with Crippen LogP contribution >= 0.6 is 0 Å². The summed E-state index contributed by atoms with van der Waals surface area (Å²) in [5, 5.41) is 16.8. The first kappa shape index (κ1) is 22.5. The van der Waals surface area contributed by atoms with Gasteiger partial charge in [0, 0.05) is 37.1 Å². The smallest absolute Gasteiger partial charge is 0.292 e. The second-order valence-electron chi connectivity index (χ2n) is 6.70. The van der Waals surface area contributed by atoms with Crippen LogP contribution in [0.25, 0.3) is 0 Å². The number of benzene rings is 2. The zero-order valence-corrected chi connectivity index (χ0v) is 17.6. The van der Waals surface area contributed by atoms with Gasteiger partial charge in [0.15, 0.2) is 11.5 Å². The van der Waals surface area contributed by atoms with Crippen LogP contribution < -0.4 is 20.1 Å². The maximum atomic E-state index is 12.5. The van der Waals surface area contributed by atoms with E-state index in [-0.39, 0.29) is 18.1 Å². The molecule has 0 saturated heterocycles. The second-order valence-corrected chi connectivity index (χ2v) is 6.70. The number of nitrogens with one attached hydrogen (secondary N) is 2. The molecule has 166 valence electrons. The van der Waals surface area contributed by atoms with Gasteiger partial charge in [-0.05, 0) is 48.9 Å². The van der Waals surface area contributed by atoms with Crippen LogP contribution in [0.4, 0.5) is 11.4 Å². The minimum atomic E-state index is -0.450. The van der Waals surface area contributed by atoms with Crippen molar-refractivity contribution in [3.8, 4) is 11.5 Å². The predicted octanol–water partition coefficient (Wildman–Crippen LogP) is 3.81. The molecule has 0 spiro atoms. The fraction of sp³-hybridized carbons (Fsp3) is 0.217. The summed E-state index contributed by atoms with van der Waals surface area (Å²) in [6.07, 6.45) is 3.39. The number of aromatic nitrogens is 1. The van der Waals surface area contributed by atoms with E-state index in [1.165, 1.54) is 6.07 Å². The highest BCUT2D eigenvalue weighted by Crippen LogP contribution is 2.29. The molecule has 1 heterocycles. The molecule has 2 aromatic carbocycles. The van der Waals surface area contributed by atoms with Crippen LogP contribution in [-0.4, -0.2) is 35.5 Å². The number of hydrogen-bond donors (Lipinski definition) is 2. The first-order chi connectivity index (χ1) is 15.6. The molecule has 32 heavy (non-hydrogen) atoms. The molecule has 2 N–H and O–H groups in total. The normalized spacial score (nSPS) is 10.3. The van der Waals surface area contributed by atoms with Crippen molar-refractivity contribution in [1.29, 1.82) is 0 Å². The lowest BCUT2D eigenvalue weighted by atomic mass is 10.2. The lowest BCUT2D eigenvalue weighted by molar-refractivity contribution is -0.384. The quantitative estimate of drug-likeness (QED) is 0.267. The lowest BCUT2D eigenvalue weighted by Crippen LogP contribution is -2.28. The Kier molecular flexibility index (Phi) is 7.96. The first-order valence-electron chi connectivity index (χ1n) is 10.1. The SMILES string of the molecule is CCOc1cc(C(=O)NCCNc2ccccc2[N+](=O)[O-])ccc1OCc1ccncc1. The van der Waals surface area contributed by atoms with E-state index in [2.05, 4.69) is 15.6 Å². The second kappa shape index (κ2) is 11.3. The molecule has 9 nitrogen and oxygen atoms in total. The Bertz CT molecular complexity index is 1060. The Hall–Kier alpha value is -4.14. The molecule has 9 heteroatoms. The van der Waals surface area contributed by atoms with E-state index in [0.717, 1.165) is 5.56 Å². The molecule has 0 bridgehead atoms. The topological polar surface area (TPSA) is 116 Å². The number of amides is 1. The highest BCUT2D eigenvalue weighted by molar-refractivity contribution is 5.94. The monoisotopic (exact) mass is 436 g/mol. The van der Waals surface area contributed by atoms with E-state index in [0.29, 0.717) is 42.5 Å². The first-order valence-corrected chi connectivity index (χ1v) is 10.1. The van der Waals surface area contributed by atoms with Crippen LogP contribution in [0.5, 0.6) is 11.5 Å². The summed E-state index contributed by atoms with van der Waals surface area (Å²) < 4.78 is 11.5. The van der Waals surface area contributed by atoms with Gasteiger partial charge >= 0.3 is 0 Å².